The maximum absolute atomic E-state index is 12.6. The van der Waals surface area contributed by atoms with E-state index in [1.807, 2.05) is 24.5 Å². The number of rotatable bonds is 10. The molecule has 2 N–H and O–H groups in total. The molecule has 0 saturated heterocycles. The van der Waals surface area contributed by atoms with Crippen LogP contribution < -0.4 is 10.6 Å². The van der Waals surface area contributed by atoms with Crippen molar-refractivity contribution in [3.63, 3.8) is 0 Å². The molecule has 1 aromatic rings. The summed E-state index contributed by atoms with van der Waals surface area (Å²) in [7, 11) is 2.11. The molecule has 1 aliphatic rings. The summed E-state index contributed by atoms with van der Waals surface area (Å²) < 4.78 is 0.723. The van der Waals surface area contributed by atoms with E-state index in [1.165, 1.54) is 12.8 Å². The predicted octanol–water partition coefficient (Wildman–Crippen LogP) is 2.90. The number of carbonyl (C=O) groups is 2. The van der Waals surface area contributed by atoms with E-state index < -0.39 is 6.04 Å². The Bertz CT molecular complexity index is 625. The molecule has 2 amide bonds. The van der Waals surface area contributed by atoms with E-state index >= 15 is 0 Å². The van der Waals surface area contributed by atoms with Gasteiger partial charge in [-0.3, -0.25) is 14.5 Å². The summed E-state index contributed by atoms with van der Waals surface area (Å²) in [6.45, 7) is 2.71. The number of amides is 2. The Balaban J connectivity index is 1.93. The number of benzene rings is 1. The van der Waals surface area contributed by atoms with E-state index in [9.17, 15) is 9.59 Å². The zero-order valence-corrected chi connectivity index (χ0v) is 18.0. The number of hydrogen-bond acceptors (Lipinski definition) is 4. The lowest BCUT2D eigenvalue weighted by Crippen LogP contribution is -2.50. The highest BCUT2D eigenvalue weighted by atomic mass is 79.9. The molecule has 2 unspecified atom stereocenters. The largest absolute Gasteiger partial charge is 0.353 e. The first-order valence-corrected chi connectivity index (χ1v) is 11.2. The molecule has 1 fully saturated rings. The zero-order chi connectivity index (χ0) is 19.1. The number of nitrogens with one attached hydrogen (secondary N) is 2. The Kier molecular flexibility index (Phi) is 8.44. The molecule has 144 valence electrons. The Morgan fingerprint density at radius 3 is 2.65 bits per heavy atom. The second-order valence-corrected chi connectivity index (χ2v) is 8.62. The van der Waals surface area contributed by atoms with E-state index in [1.54, 1.807) is 17.8 Å². The second kappa shape index (κ2) is 10.3. The SMILES string of the molecule is CSCCC(NC(=O)c1ccccc1Br)C(=O)NCC(C)N(C)C1CC1. The molecule has 0 radical (unpaired) electrons. The van der Waals surface area contributed by atoms with Gasteiger partial charge in [0.1, 0.15) is 6.04 Å². The van der Waals surface area contributed by atoms with Crippen molar-refractivity contribution in [3.8, 4) is 0 Å². The molecule has 0 heterocycles. The molecule has 7 heteroatoms. The number of nitrogens with zero attached hydrogens (tertiary/aromatic N) is 1. The molecule has 5 nitrogen and oxygen atoms in total. The van der Waals surface area contributed by atoms with Crippen molar-refractivity contribution < 1.29 is 9.59 Å². The minimum Gasteiger partial charge on any atom is -0.353 e. The lowest BCUT2D eigenvalue weighted by Gasteiger charge is -2.26. The van der Waals surface area contributed by atoms with Crippen molar-refractivity contribution >= 4 is 39.5 Å². The van der Waals surface area contributed by atoms with Crippen LogP contribution in [0.1, 0.15) is 36.5 Å². The average Bonchev–Trinajstić information content (AvgIpc) is 3.47. The van der Waals surface area contributed by atoms with Crippen LogP contribution in [-0.4, -0.2) is 60.4 Å². The van der Waals surface area contributed by atoms with Gasteiger partial charge in [-0.1, -0.05) is 12.1 Å². The minimum atomic E-state index is -0.527. The minimum absolute atomic E-state index is 0.115. The molecule has 1 aliphatic carbocycles. The van der Waals surface area contributed by atoms with Gasteiger partial charge in [-0.15, -0.1) is 0 Å². The highest BCUT2D eigenvalue weighted by molar-refractivity contribution is 9.10. The van der Waals surface area contributed by atoms with E-state index in [0.717, 1.165) is 10.2 Å². The first kappa shape index (κ1) is 21.3. The van der Waals surface area contributed by atoms with Crippen LogP contribution in [-0.2, 0) is 4.79 Å². The fraction of sp³-hybridized carbons (Fsp3) is 0.579. The van der Waals surface area contributed by atoms with Crippen molar-refractivity contribution in [1.82, 2.24) is 15.5 Å². The van der Waals surface area contributed by atoms with Gasteiger partial charge in [0.05, 0.1) is 5.56 Å². The number of hydrogen-bond donors (Lipinski definition) is 2. The van der Waals surface area contributed by atoms with Crippen LogP contribution in [0.2, 0.25) is 0 Å². The van der Waals surface area contributed by atoms with Gasteiger partial charge in [0.25, 0.3) is 5.91 Å². The summed E-state index contributed by atoms with van der Waals surface area (Å²) >= 11 is 5.06. The fourth-order valence-corrected chi connectivity index (χ4v) is 3.68. The monoisotopic (exact) mass is 441 g/mol. The smallest absolute Gasteiger partial charge is 0.253 e. The van der Waals surface area contributed by atoms with Gasteiger partial charge in [0, 0.05) is 23.1 Å². The highest BCUT2D eigenvalue weighted by Crippen LogP contribution is 2.26. The molecule has 0 bridgehead atoms. The van der Waals surface area contributed by atoms with Crippen molar-refractivity contribution in [1.29, 1.82) is 0 Å². The topological polar surface area (TPSA) is 61.4 Å². The van der Waals surface area contributed by atoms with Gasteiger partial charge in [-0.25, -0.2) is 0 Å². The van der Waals surface area contributed by atoms with Crippen LogP contribution >= 0.6 is 27.7 Å². The van der Waals surface area contributed by atoms with Crippen LogP contribution in [0.25, 0.3) is 0 Å². The molecule has 0 aromatic heterocycles. The second-order valence-electron chi connectivity index (χ2n) is 6.78. The Morgan fingerprint density at radius 1 is 1.35 bits per heavy atom. The van der Waals surface area contributed by atoms with Crippen molar-refractivity contribution in [3.05, 3.63) is 34.3 Å². The Hall–Kier alpha value is -1.05. The first-order valence-electron chi connectivity index (χ1n) is 8.98. The summed E-state index contributed by atoms with van der Waals surface area (Å²) in [5, 5.41) is 5.90. The highest BCUT2D eigenvalue weighted by Gasteiger charge is 2.29. The van der Waals surface area contributed by atoms with E-state index in [4.69, 9.17) is 0 Å². The van der Waals surface area contributed by atoms with Gasteiger partial charge in [0.15, 0.2) is 0 Å². The standard InChI is InChI=1S/C19H28BrN3O2S/c1-13(23(2)14-8-9-14)12-21-19(25)17(10-11-26-3)22-18(24)15-6-4-5-7-16(15)20/h4-7,13-14,17H,8-12H2,1-3H3,(H,21,25)(H,22,24). The predicted molar refractivity (Wildman–Crippen MR) is 112 cm³/mol. The maximum atomic E-state index is 12.6. The third-order valence-electron chi connectivity index (χ3n) is 4.74. The number of thioether (sulfide) groups is 1. The average molecular weight is 442 g/mol. The van der Waals surface area contributed by atoms with Crippen LogP contribution in [0.4, 0.5) is 0 Å². The Labute approximate surface area is 168 Å². The molecular formula is C19H28BrN3O2S. The lowest BCUT2D eigenvalue weighted by atomic mass is 10.1. The van der Waals surface area contributed by atoms with Crippen molar-refractivity contribution in [2.45, 2.75) is 44.3 Å². The van der Waals surface area contributed by atoms with E-state index in [-0.39, 0.29) is 17.9 Å². The van der Waals surface area contributed by atoms with Gasteiger partial charge < -0.3 is 10.6 Å². The normalized spacial score (nSPS) is 16.2. The van der Waals surface area contributed by atoms with E-state index in [0.29, 0.717) is 24.6 Å². The third kappa shape index (κ3) is 6.28. The Morgan fingerprint density at radius 2 is 2.04 bits per heavy atom. The van der Waals surface area contributed by atoms with Gasteiger partial charge in [0.2, 0.25) is 5.91 Å². The summed E-state index contributed by atoms with van der Waals surface area (Å²) in [4.78, 5) is 27.5. The zero-order valence-electron chi connectivity index (χ0n) is 15.6. The molecule has 2 rings (SSSR count). The van der Waals surface area contributed by atoms with Gasteiger partial charge >= 0.3 is 0 Å². The third-order valence-corrected chi connectivity index (χ3v) is 6.08. The van der Waals surface area contributed by atoms with E-state index in [2.05, 4.69) is 45.4 Å². The number of halogens is 1. The molecular weight excluding hydrogens is 414 g/mol. The molecule has 26 heavy (non-hydrogen) atoms. The summed E-state index contributed by atoms with van der Waals surface area (Å²) in [6.07, 6.45) is 5.09. The molecule has 2 atom stereocenters. The first-order chi connectivity index (χ1) is 12.4. The summed E-state index contributed by atoms with van der Waals surface area (Å²) in [6, 6.07) is 7.65. The molecule has 0 spiro atoms. The van der Waals surface area contributed by atoms with Crippen LogP contribution in [0.5, 0.6) is 0 Å². The number of carbonyl (C=O) groups excluding carboxylic acids is 2. The summed E-state index contributed by atoms with van der Waals surface area (Å²) in [5.74, 6) is 0.462. The van der Waals surface area contributed by atoms with Crippen molar-refractivity contribution in [2.24, 2.45) is 0 Å². The van der Waals surface area contributed by atoms with Gasteiger partial charge in [-0.2, -0.15) is 11.8 Å². The fourth-order valence-electron chi connectivity index (χ4n) is 2.74. The van der Waals surface area contributed by atoms with Crippen LogP contribution in [0, 0.1) is 0 Å². The quantitative estimate of drug-likeness (QED) is 0.585. The van der Waals surface area contributed by atoms with Crippen LogP contribution in [0.15, 0.2) is 28.7 Å². The molecule has 1 saturated carbocycles. The lowest BCUT2D eigenvalue weighted by molar-refractivity contribution is -0.123. The maximum Gasteiger partial charge on any atom is 0.253 e. The van der Waals surface area contributed by atoms with Gasteiger partial charge in [-0.05, 0) is 73.3 Å². The molecule has 0 aliphatic heterocycles. The van der Waals surface area contributed by atoms with Crippen LogP contribution in [0.3, 0.4) is 0 Å². The number of likely N-dealkylation sites (N-methyl/N-ethyl adjacent to an activating group) is 1. The van der Waals surface area contributed by atoms with Crippen molar-refractivity contribution in [2.75, 3.05) is 25.6 Å². The molecule has 1 aromatic carbocycles. The summed E-state index contributed by atoms with van der Waals surface area (Å²) in [5.41, 5.74) is 0.538.